The second kappa shape index (κ2) is 26.5. The van der Waals surface area contributed by atoms with Gasteiger partial charge in [-0.25, -0.2) is 9.78 Å². The summed E-state index contributed by atoms with van der Waals surface area (Å²) in [6, 6.07) is 2.67. The van der Waals surface area contributed by atoms with Crippen LogP contribution in [-0.2, 0) is 41.6 Å². The minimum absolute atomic E-state index is 0.0163. The number of amides is 4. The number of carbonyl (C=O) groups excluding carboxylic acids is 5. The Morgan fingerprint density at radius 2 is 1.41 bits per heavy atom. The van der Waals surface area contributed by atoms with E-state index in [1.165, 1.54) is 24.3 Å². The molecule has 0 aliphatic heterocycles. The summed E-state index contributed by atoms with van der Waals surface area (Å²) in [7, 11) is 0. The number of carboxylic acids is 1. The zero-order valence-electron chi connectivity index (χ0n) is 33.9. The van der Waals surface area contributed by atoms with Crippen molar-refractivity contribution >= 4 is 67.2 Å². The van der Waals surface area contributed by atoms with Crippen LogP contribution in [0.25, 0.3) is 0 Å². The predicted molar refractivity (Wildman–Crippen MR) is 225 cm³/mol. The van der Waals surface area contributed by atoms with Gasteiger partial charge < -0.3 is 10.1 Å². The molecule has 1 heterocycles. The Morgan fingerprint density at radius 3 is 2.00 bits per heavy atom. The number of aliphatic imine (C=N–C) groups is 1. The van der Waals surface area contributed by atoms with Gasteiger partial charge in [-0.2, -0.15) is 0 Å². The summed E-state index contributed by atoms with van der Waals surface area (Å²) in [5.74, 6) is -3.01. The Labute approximate surface area is 351 Å². The van der Waals surface area contributed by atoms with Crippen LogP contribution in [0.15, 0.2) is 47.8 Å². The molecule has 0 saturated carbocycles. The van der Waals surface area contributed by atoms with E-state index < -0.39 is 81.0 Å². The van der Waals surface area contributed by atoms with E-state index in [1.54, 1.807) is 30.3 Å². The van der Waals surface area contributed by atoms with Crippen molar-refractivity contribution in [2.75, 3.05) is 18.6 Å². The van der Waals surface area contributed by atoms with E-state index in [1.807, 2.05) is 34.0 Å². The zero-order valence-corrected chi connectivity index (χ0v) is 36.4. The summed E-state index contributed by atoms with van der Waals surface area (Å²) in [5, 5.41) is 20.8. The van der Waals surface area contributed by atoms with Crippen molar-refractivity contribution in [1.29, 1.82) is 0 Å². The first-order valence-electron chi connectivity index (χ1n) is 19.2. The second-order valence-corrected chi connectivity index (χ2v) is 17.5. The van der Waals surface area contributed by atoms with E-state index in [-0.39, 0.29) is 54.7 Å². The van der Waals surface area contributed by atoms with Gasteiger partial charge >= 0.3 is 308 Å². The van der Waals surface area contributed by atoms with Crippen LogP contribution < -0.4 is 42.8 Å². The second-order valence-electron chi connectivity index (χ2n) is 14.7. The number of aliphatic carboxylic acids is 1. The Hall–Kier alpha value is -4.49. The number of aromatic amines is 1. The van der Waals surface area contributed by atoms with Crippen LogP contribution in [0, 0.1) is 11.8 Å². The number of carbonyl (C=O) groups is 6. The molecule has 18 nitrogen and oxygen atoms in total. The van der Waals surface area contributed by atoms with Crippen molar-refractivity contribution in [1.82, 2.24) is 35.6 Å². The molecular weight excluding hydrogens is 834 g/mol. The number of thioether (sulfide) groups is 1. The summed E-state index contributed by atoms with van der Waals surface area (Å²) in [6.45, 7) is 7.94. The van der Waals surface area contributed by atoms with Crippen LogP contribution in [0.3, 0.4) is 0 Å². The summed E-state index contributed by atoms with van der Waals surface area (Å²) in [6.07, 6.45) is 6.17. The van der Waals surface area contributed by atoms with Crippen molar-refractivity contribution in [3.63, 3.8) is 0 Å². The first-order chi connectivity index (χ1) is 27.5. The first kappa shape index (κ1) is 49.7. The smallest absolute Gasteiger partial charge is 0.480 e. The standard InChI is InChI=1S/C38H61N11O7SSe/c1-22(2)16-26(39)32(50)48-31(17-23(3)4)37(56)58-49-28(13-15-57-5)34(52)45-27(12-9-14-43-38(40)41)33(51)46-29(18-24-10-7-6-8-11-24)35(53)47-30(36(54)55)19-25-20-42-21-44-25/h6-8,10-11,20-23,26-31,49H,9,12-19,39H2,1-5H3,(H,42,44)(H,45,52)(H,46,51)(H,47,53)(H,48,50)(H,54,55)(H4,40,41,43)/t26-,27-,28-,29-,30-,31-/m0/s1. The van der Waals surface area contributed by atoms with Gasteiger partial charge in [0.2, 0.25) is 0 Å². The molecule has 2 aromatic rings. The number of H-pyrrole nitrogens is 1. The fourth-order valence-electron chi connectivity index (χ4n) is 5.72. The number of imidazole rings is 1. The summed E-state index contributed by atoms with van der Waals surface area (Å²) in [5.41, 5.74) is 18.3. The third kappa shape index (κ3) is 19.3. The SMILES string of the molecule is CSCC[C@H](N[Se]C(=O)[C@H](CC(C)C)NC(=O)[C@@H](N)CC(C)C)C(=O)N[C@@H](CCCN=C(N)N)C(=O)N[C@@H](Cc1ccccc1)C(=O)N[C@@H](Cc1cnc[nH]1)C(=O)O. The number of aromatic nitrogens is 2. The molecule has 1 aromatic carbocycles. The van der Waals surface area contributed by atoms with Gasteiger partial charge in [0.15, 0.2) is 0 Å². The minimum atomic E-state index is -1.34. The molecule has 0 unspecified atom stereocenters. The number of rotatable bonds is 28. The van der Waals surface area contributed by atoms with Gasteiger partial charge in [-0.1, -0.05) is 6.07 Å². The van der Waals surface area contributed by atoms with Crippen LogP contribution in [0.2, 0.25) is 0 Å². The Kier molecular flexibility index (Phi) is 22.7. The maximum atomic E-state index is 14.1. The van der Waals surface area contributed by atoms with Gasteiger partial charge in [-0.05, 0) is 0 Å². The van der Waals surface area contributed by atoms with Crippen LogP contribution in [0.4, 0.5) is 0 Å². The normalized spacial score (nSPS) is 14.3. The molecule has 1 aromatic heterocycles. The van der Waals surface area contributed by atoms with Crippen LogP contribution in [-0.4, -0.2) is 125 Å². The molecule has 20 heteroatoms. The Balaban J connectivity index is 2.32. The Morgan fingerprint density at radius 1 is 0.810 bits per heavy atom. The molecule has 0 bridgehead atoms. The van der Waals surface area contributed by atoms with E-state index in [0.29, 0.717) is 36.3 Å². The molecule has 6 atom stereocenters. The monoisotopic (exact) mass is 895 g/mol. The van der Waals surface area contributed by atoms with Crippen molar-refractivity contribution in [2.24, 2.45) is 34.0 Å². The molecule has 0 saturated heterocycles. The fraction of sp³-hybridized carbons (Fsp3) is 0.579. The quantitative estimate of drug-likeness (QED) is 0.0224. The summed E-state index contributed by atoms with van der Waals surface area (Å²) in [4.78, 5) is 91.0. The average molecular weight is 895 g/mol. The average Bonchev–Trinajstić information content (AvgIpc) is 3.68. The molecule has 322 valence electrons. The number of hydrogen-bond donors (Lipinski definition) is 10. The van der Waals surface area contributed by atoms with E-state index in [4.69, 9.17) is 17.2 Å². The van der Waals surface area contributed by atoms with E-state index in [9.17, 15) is 33.9 Å². The number of nitrogens with two attached hydrogens (primary N) is 3. The zero-order chi connectivity index (χ0) is 43.2. The van der Waals surface area contributed by atoms with E-state index >= 15 is 0 Å². The van der Waals surface area contributed by atoms with E-state index in [2.05, 4.69) is 40.6 Å². The molecule has 58 heavy (non-hydrogen) atoms. The predicted octanol–water partition coefficient (Wildman–Crippen LogP) is -0.451. The first-order valence-corrected chi connectivity index (χ1v) is 22.3. The number of nitrogens with one attached hydrogen (secondary N) is 6. The fourth-order valence-corrected chi connectivity index (χ4v) is 7.83. The van der Waals surface area contributed by atoms with Crippen LogP contribution in [0.1, 0.15) is 71.1 Å². The van der Waals surface area contributed by atoms with Gasteiger partial charge in [0.05, 0.1) is 6.33 Å². The van der Waals surface area contributed by atoms with Crippen molar-refractivity contribution in [3.05, 3.63) is 54.1 Å². The number of guanidine groups is 1. The van der Waals surface area contributed by atoms with Crippen LogP contribution in [0.5, 0.6) is 0 Å². The molecule has 0 aliphatic rings. The number of hydrogen-bond acceptors (Lipinski definition) is 11. The maximum absolute atomic E-state index is 14.1. The summed E-state index contributed by atoms with van der Waals surface area (Å²) >= 11 is 0.551. The van der Waals surface area contributed by atoms with Gasteiger partial charge in [0.25, 0.3) is 0 Å². The molecule has 0 fully saturated rings. The number of benzene rings is 1. The molecule has 4 amide bonds. The van der Waals surface area contributed by atoms with Crippen molar-refractivity contribution < 1.29 is 33.9 Å². The van der Waals surface area contributed by atoms with Gasteiger partial charge in [-0.15, -0.1) is 0 Å². The molecule has 2 rings (SSSR count). The molecule has 0 radical (unpaired) electrons. The Bertz CT molecular complexity index is 1630. The molecule has 0 aliphatic carbocycles. The molecular formula is C38H61N11O7SSe. The van der Waals surface area contributed by atoms with Gasteiger partial charge in [0, 0.05) is 11.9 Å². The summed E-state index contributed by atoms with van der Waals surface area (Å²) < 4.78 is 2.84. The molecule has 13 N–H and O–H groups in total. The van der Waals surface area contributed by atoms with Gasteiger partial charge in [0.1, 0.15) is 0 Å². The number of carboxylic acid groups (broad SMARTS) is 1. The third-order valence-corrected chi connectivity index (χ3v) is 11.2. The molecule has 0 spiro atoms. The van der Waals surface area contributed by atoms with Crippen molar-refractivity contribution in [2.45, 2.75) is 109 Å². The minimum Gasteiger partial charge on any atom is -0.480 e. The van der Waals surface area contributed by atoms with E-state index in [0.717, 1.165) is 0 Å². The third-order valence-electron chi connectivity index (χ3n) is 8.69. The van der Waals surface area contributed by atoms with Crippen molar-refractivity contribution in [3.8, 4) is 0 Å². The topological polar surface area (TPSA) is 302 Å². The van der Waals surface area contributed by atoms with Crippen LogP contribution >= 0.6 is 11.8 Å². The number of nitrogens with zero attached hydrogens (tertiary/aromatic N) is 2. The van der Waals surface area contributed by atoms with Gasteiger partial charge in [-0.3, -0.25) is 0 Å².